The predicted molar refractivity (Wildman–Crippen MR) is 49.1 cm³/mol. The molecule has 0 rings (SSSR count). The van der Waals surface area contributed by atoms with Crippen molar-refractivity contribution < 1.29 is 10.2 Å². The van der Waals surface area contributed by atoms with E-state index in [0.717, 1.165) is 13.1 Å². The molecule has 12 heavy (non-hydrogen) atoms. The van der Waals surface area contributed by atoms with Crippen LogP contribution in [0.1, 0.15) is 13.8 Å². The van der Waals surface area contributed by atoms with E-state index in [1.54, 1.807) is 13.8 Å². The highest BCUT2D eigenvalue weighted by Crippen LogP contribution is 1.75. The molecule has 0 unspecified atom stereocenters. The molecular weight excluding hydrogens is 156 g/mol. The molecular formula is C8H20N2O2. The number of hydrogen-bond acceptors (Lipinski definition) is 4. The highest BCUT2D eigenvalue weighted by molar-refractivity contribution is 4.57. The van der Waals surface area contributed by atoms with Crippen molar-refractivity contribution in [3.63, 3.8) is 0 Å². The Bertz CT molecular complexity index is 85.1. The topological polar surface area (TPSA) is 64.5 Å². The molecule has 0 fully saturated rings. The van der Waals surface area contributed by atoms with Crippen molar-refractivity contribution in [2.45, 2.75) is 26.1 Å². The zero-order valence-electron chi connectivity index (χ0n) is 7.88. The van der Waals surface area contributed by atoms with Gasteiger partial charge in [0.2, 0.25) is 0 Å². The Labute approximate surface area is 74.0 Å². The van der Waals surface area contributed by atoms with Gasteiger partial charge in [0.25, 0.3) is 0 Å². The van der Waals surface area contributed by atoms with Crippen LogP contribution in [0.2, 0.25) is 0 Å². The average molecular weight is 176 g/mol. The fraction of sp³-hybridized carbons (Fsp3) is 1.00. The molecule has 0 aliphatic heterocycles. The Hall–Kier alpha value is -0.160. The molecule has 4 nitrogen and oxygen atoms in total. The summed E-state index contributed by atoms with van der Waals surface area (Å²) in [7, 11) is 0. The van der Waals surface area contributed by atoms with Crippen LogP contribution in [0.5, 0.6) is 0 Å². The van der Waals surface area contributed by atoms with E-state index in [-0.39, 0.29) is 12.2 Å². The molecule has 74 valence electrons. The standard InChI is InChI=1S/C8H20N2O2/c1-7(11)5-9-3-4-10-6-8(2)12/h7-12H,3-6H2,1-2H3/t7-,8-/m0/s1. The third-order valence-corrected chi connectivity index (χ3v) is 1.36. The van der Waals surface area contributed by atoms with Gasteiger partial charge >= 0.3 is 0 Å². The maximum Gasteiger partial charge on any atom is 0.0636 e. The minimum absolute atomic E-state index is 0.290. The van der Waals surface area contributed by atoms with Crippen molar-refractivity contribution in [3.05, 3.63) is 0 Å². The fourth-order valence-corrected chi connectivity index (χ4v) is 0.799. The van der Waals surface area contributed by atoms with Gasteiger partial charge in [0.15, 0.2) is 0 Å². The van der Waals surface area contributed by atoms with Crippen LogP contribution < -0.4 is 10.6 Å². The monoisotopic (exact) mass is 176 g/mol. The van der Waals surface area contributed by atoms with Crippen LogP contribution in [0.4, 0.5) is 0 Å². The van der Waals surface area contributed by atoms with Crippen LogP contribution in [0.25, 0.3) is 0 Å². The van der Waals surface area contributed by atoms with Crippen LogP contribution in [-0.2, 0) is 0 Å². The van der Waals surface area contributed by atoms with E-state index in [2.05, 4.69) is 10.6 Å². The molecule has 0 spiro atoms. The molecule has 0 aliphatic carbocycles. The number of rotatable bonds is 7. The predicted octanol–water partition coefficient (Wildman–Crippen LogP) is -1.07. The summed E-state index contributed by atoms with van der Waals surface area (Å²) in [6.45, 7) is 6.37. The molecule has 4 N–H and O–H groups in total. The van der Waals surface area contributed by atoms with Gasteiger partial charge in [-0.05, 0) is 13.8 Å². The maximum absolute atomic E-state index is 8.87. The summed E-state index contributed by atoms with van der Waals surface area (Å²) in [5.41, 5.74) is 0. The average Bonchev–Trinajstić information content (AvgIpc) is 1.95. The molecule has 4 heteroatoms. The first-order chi connectivity index (χ1) is 5.63. The van der Waals surface area contributed by atoms with Gasteiger partial charge in [-0.2, -0.15) is 0 Å². The second kappa shape index (κ2) is 7.49. The molecule has 0 heterocycles. The molecule has 0 saturated carbocycles. The SMILES string of the molecule is C[C@H](O)CNCCNC[C@H](C)O. The van der Waals surface area contributed by atoms with Crippen LogP contribution in [0.3, 0.4) is 0 Å². The van der Waals surface area contributed by atoms with Crippen LogP contribution in [0.15, 0.2) is 0 Å². The molecule has 0 saturated heterocycles. The number of aliphatic hydroxyl groups excluding tert-OH is 2. The van der Waals surface area contributed by atoms with E-state index < -0.39 is 0 Å². The first kappa shape index (κ1) is 11.8. The highest BCUT2D eigenvalue weighted by Gasteiger charge is 1.95. The van der Waals surface area contributed by atoms with Crippen molar-refractivity contribution in [2.24, 2.45) is 0 Å². The zero-order valence-corrected chi connectivity index (χ0v) is 7.88. The molecule has 0 aromatic carbocycles. The van der Waals surface area contributed by atoms with E-state index in [1.807, 2.05) is 0 Å². The highest BCUT2D eigenvalue weighted by atomic mass is 16.3. The van der Waals surface area contributed by atoms with Gasteiger partial charge < -0.3 is 20.8 Å². The Morgan fingerprint density at radius 1 is 0.917 bits per heavy atom. The smallest absolute Gasteiger partial charge is 0.0636 e. The van der Waals surface area contributed by atoms with Gasteiger partial charge in [0, 0.05) is 26.2 Å². The quantitative estimate of drug-likeness (QED) is 0.373. The third kappa shape index (κ3) is 9.84. The fourth-order valence-electron chi connectivity index (χ4n) is 0.799. The molecule has 0 radical (unpaired) electrons. The van der Waals surface area contributed by atoms with Gasteiger partial charge in [-0.1, -0.05) is 0 Å². The summed E-state index contributed by atoms with van der Waals surface area (Å²) in [6, 6.07) is 0. The lowest BCUT2D eigenvalue weighted by molar-refractivity contribution is 0.186. The third-order valence-electron chi connectivity index (χ3n) is 1.36. The summed E-state index contributed by atoms with van der Waals surface area (Å²) < 4.78 is 0. The normalized spacial score (nSPS) is 16.0. The van der Waals surface area contributed by atoms with Crippen molar-refractivity contribution in [1.29, 1.82) is 0 Å². The number of aliphatic hydroxyl groups is 2. The van der Waals surface area contributed by atoms with E-state index in [4.69, 9.17) is 10.2 Å². The maximum atomic E-state index is 8.87. The van der Waals surface area contributed by atoms with Crippen LogP contribution in [0, 0.1) is 0 Å². The molecule has 0 aliphatic rings. The van der Waals surface area contributed by atoms with Gasteiger partial charge in [0.1, 0.15) is 0 Å². The lowest BCUT2D eigenvalue weighted by Gasteiger charge is -2.08. The van der Waals surface area contributed by atoms with Crippen LogP contribution in [-0.4, -0.2) is 48.6 Å². The second-order valence-electron chi connectivity index (χ2n) is 3.11. The van der Waals surface area contributed by atoms with Gasteiger partial charge in [-0.25, -0.2) is 0 Å². The van der Waals surface area contributed by atoms with Crippen molar-refractivity contribution in [3.8, 4) is 0 Å². The molecule has 0 bridgehead atoms. The Kier molecular flexibility index (Phi) is 7.39. The summed E-state index contributed by atoms with van der Waals surface area (Å²) in [6.07, 6.45) is -0.580. The largest absolute Gasteiger partial charge is 0.392 e. The van der Waals surface area contributed by atoms with Crippen LogP contribution >= 0.6 is 0 Å². The van der Waals surface area contributed by atoms with Crippen molar-refractivity contribution >= 4 is 0 Å². The van der Waals surface area contributed by atoms with Gasteiger partial charge in [-0.15, -0.1) is 0 Å². The summed E-state index contributed by atoms with van der Waals surface area (Å²) in [4.78, 5) is 0. The first-order valence-corrected chi connectivity index (χ1v) is 4.40. The second-order valence-corrected chi connectivity index (χ2v) is 3.11. The lowest BCUT2D eigenvalue weighted by atomic mass is 10.4. The lowest BCUT2D eigenvalue weighted by Crippen LogP contribution is -2.34. The Morgan fingerprint density at radius 2 is 1.25 bits per heavy atom. The Morgan fingerprint density at radius 3 is 1.50 bits per heavy atom. The summed E-state index contributed by atoms with van der Waals surface area (Å²) >= 11 is 0. The summed E-state index contributed by atoms with van der Waals surface area (Å²) in [5, 5.41) is 23.9. The van der Waals surface area contributed by atoms with E-state index in [1.165, 1.54) is 0 Å². The molecule has 0 aromatic rings. The van der Waals surface area contributed by atoms with Crippen molar-refractivity contribution in [1.82, 2.24) is 10.6 Å². The number of nitrogens with one attached hydrogen (secondary N) is 2. The van der Waals surface area contributed by atoms with Gasteiger partial charge in [0.05, 0.1) is 12.2 Å². The first-order valence-electron chi connectivity index (χ1n) is 4.40. The van der Waals surface area contributed by atoms with E-state index >= 15 is 0 Å². The van der Waals surface area contributed by atoms with Crippen molar-refractivity contribution in [2.75, 3.05) is 26.2 Å². The van der Waals surface area contributed by atoms with E-state index in [9.17, 15) is 0 Å². The minimum Gasteiger partial charge on any atom is -0.392 e. The zero-order chi connectivity index (χ0) is 9.40. The Balaban J connectivity index is 2.91. The molecule has 0 aromatic heterocycles. The molecule has 2 atom stereocenters. The van der Waals surface area contributed by atoms with E-state index in [0.29, 0.717) is 13.1 Å². The minimum atomic E-state index is -0.290. The van der Waals surface area contributed by atoms with Gasteiger partial charge in [-0.3, -0.25) is 0 Å². The summed E-state index contributed by atoms with van der Waals surface area (Å²) in [5.74, 6) is 0. The molecule has 0 amide bonds. The number of hydrogen-bond donors (Lipinski definition) is 4.